The number of hydrogen-bond acceptors (Lipinski definition) is 5. The molecule has 0 spiro atoms. The maximum atomic E-state index is 13.3. The van der Waals surface area contributed by atoms with Crippen molar-refractivity contribution < 1.29 is 19.1 Å². The van der Waals surface area contributed by atoms with E-state index >= 15 is 0 Å². The van der Waals surface area contributed by atoms with Crippen LogP contribution in [0.15, 0.2) is 54.6 Å². The van der Waals surface area contributed by atoms with Gasteiger partial charge >= 0.3 is 5.97 Å². The van der Waals surface area contributed by atoms with E-state index in [1.807, 2.05) is 42.5 Å². The van der Waals surface area contributed by atoms with Gasteiger partial charge in [0.15, 0.2) is 0 Å². The predicted octanol–water partition coefficient (Wildman–Crippen LogP) is 3.04. The Morgan fingerprint density at radius 1 is 1.03 bits per heavy atom. The highest BCUT2D eigenvalue weighted by Gasteiger charge is 2.73. The Bertz CT molecular complexity index is 1040. The number of likely N-dealkylation sites (tertiary alicyclic amines) is 1. The van der Waals surface area contributed by atoms with Crippen LogP contribution in [0.25, 0.3) is 11.1 Å². The summed E-state index contributed by atoms with van der Waals surface area (Å²) in [5.41, 5.74) is 2.11. The third kappa shape index (κ3) is 2.64. The van der Waals surface area contributed by atoms with Crippen LogP contribution in [0.5, 0.6) is 0 Å². The van der Waals surface area contributed by atoms with Crippen molar-refractivity contribution >= 4 is 17.8 Å². The number of rotatable bonds is 4. The summed E-state index contributed by atoms with van der Waals surface area (Å²) in [4.78, 5) is 43.1. The first-order valence-electron chi connectivity index (χ1n) is 10.9. The summed E-state index contributed by atoms with van der Waals surface area (Å²) in [6.45, 7) is 2.79. The maximum absolute atomic E-state index is 13.3. The number of methoxy groups -OCH3 is 1. The molecule has 0 bridgehead atoms. The summed E-state index contributed by atoms with van der Waals surface area (Å²) < 4.78 is 5.20. The fourth-order valence-corrected chi connectivity index (χ4v) is 6.07. The molecule has 2 aromatic carbocycles. The monoisotopic (exact) mass is 418 g/mol. The Kier molecular flexibility index (Phi) is 4.70. The number of carbonyl (C=O) groups is 3. The Labute approximate surface area is 181 Å². The van der Waals surface area contributed by atoms with E-state index in [0.29, 0.717) is 19.5 Å². The Morgan fingerprint density at radius 3 is 2.35 bits per heavy atom. The number of fused-ring (bicyclic) bond motifs is 3. The van der Waals surface area contributed by atoms with Gasteiger partial charge in [-0.1, -0.05) is 54.6 Å². The summed E-state index contributed by atoms with van der Waals surface area (Å²) in [6, 6.07) is 17.9. The van der Waals surface area contributed by atoms with Crippen molar-refractivity contribution in [2.24, 2.45) is 11.8 Å². The number of imide groups is 1. The first-order valence-corrected chi connectivity index (χ1v) is 10.9. The number of esters is 1. The zero-order chi connectivity index (χ0) is 21.8. The van der Waals surface area contributed by atoms with Gasteiger partial charge in [-0.15, -0.1) is 0 Å². The second kappa shape index (κ2) is 7.31. The third-order valence-corrected chi connectivity index (χ3v) is 7.32. The molecule has 0 N–H and O–H groups in total. The van der Waals surface area contributed by atoms with Gasteiger partial charge in [0.05, 0.1) is 18.9 Å². The first-order chi connectivity index (χ1) is 15.0. The van der Waals surface area contributed by atoms with Crippen LogP contribution in [-0.2, 0) is 19.1 Å². The molecule has 3 saturated heterocycles. The minimum Gasteiger partial charge on any atom is -0.468 e. The van der Waals surface area contributed by atoms with E-state index < -0.39 is 23.3 Å². The number of hydrogen-bond donors (Lipinski definition) is 0. The minimum atomic E-state index is -1.06. The molecule has 3 heterocycles. The molecule has 3 unspecified atom stereocenters. The summed E-state index contributed by atoms with van der Waals surface area (Å²) in [5.74, 6) is -2.06. The van der Waals surface area contributed by atoms with E-state index in [2.05, 4.69) is 17.0 Å². The summed E-state index contributed by atoms with van der Waals surface area (Å²) in [7, 11) is 1.36. The highest BCUT2D eigenvalue weighted by Crippen LogP contribution is 2.59. The molecule has 4 atom stereocenters. The lowest BCUT2D eigenvalue weighted by Crippen LogP contribution is -2.54. The molecule has 0 aliphatic carbocycles. The topological polar surface area (TPSA) is 66.9 Å². The zero-order valence-corrected chi connectivity index (χ0v) is 17.8. The zero-order valence-electron chi connectivity index (χ0n) is 17.8. The lowest BCUT2D eigenvalue weighted by molar-refractivity contribution is -0.159. The van der Waals surface area contributed by atoms with E-state index in [-0.39, 0.29) is 17.9 Å². The molecule has 0 radical (unpaired) electrons. The molecule has 160 valence electrons. The van der Waals surface area contributed by atoms with E-state index in [4.69, 9.17) is 4.74 Å². The SMILES string of the molecule is CCN1C(=O)C2C(c3ccc(-c4ccccc4)cc3)N3CCC[C@@]3(C(=O)OC)C2C1=O. The molecule has 31 heavy (non-hydrogen) atoms. The smallest absolute Gasteiger partial charge is 0.327 e. The van der Waals surface area contributed by atoms with Crippen molar-refractivity contribution in [3.05, 3.63) is 60.2 Å². The van der Waals surface area contributed by atoms with Crippen LogP contribution in [0.2, 0.25) is 0 Å². The molecule has 6 heteroatoms. The van der Waals surface area contributed by atoms with Crippen molar-refractivity contribution in [2.75, 3.05) is 20.2 Å². The molecular weight excluding hydrogens is 392 g/mol. The van der Waals surface area contributed by atoms with Gasteiger partial charge in [-0.05, 0) is 43.0 Å². The average molecular weight is 418 g/mol. The molecule has 0 saturated carbocycles. The van der Waals surface area contributed by atoms with Crippen molar-refractivity contribution in [1.29, 1.82) is 0 Å². The summed E-state index contributed by atoms with van der Waals surface area (Å²) in [6.07, 6.45) is 1.33. The van der Waals surface area contributed by atoms with Crippen LogP contribution < -0.4 is 0 Å². The van der Waals surface area contributed by atoms with Crippen molar-refractivity contribution in [3.8, 4) is 11.1 Å². The predicted molar refractivity (Wildman–Crippen MR) is 115 cm³/mol. The molecule has 3 aliphatic rings. The Hall–Kier alpha value is -2.99. The second-order valence-corrected chi connectivity index (χ2v) is 8.57. The van der Waals surface area contributed by atoms with Gasteiger partial charge in [-0.3, -0.25) is 24.2 Å². The molecule has 2 aromatic rings. The van der Waals surface area contributed by atoms with Crippen molar-refractivity contribution in [1.82, 2.24) is 9.80 Å². The third-order valence-electron chi connectivity index (χ3n) is 7.32. The van der Waals surface area contributed by atoms with E-state index in [1.54, 1.807) is 6.92 Å². The highest BCUT2D eigenvalue weighted by atomic mass is 16.5. The van der Waals surface area contributed by atoms with E-state index in [9.17, 15) is 14.4 Å². The van der Waals surface area contributed by atoms with E-state index in [0.717, 1.165) is 23.1 Å². The number of benzene rings is 2. The standard InChI is InChI=1S/C25H26N2O4/c1-3-26-22(28)19-20(23(26)29)25(24(30)31-2)14-7-15-27(25)21(19)18-12-10-17(11-13-18)16-8-5-4-6-9-16/h4-6,8-13,19-21H,3,7,14-15H2,1-2H3/t19?,20?,21?,25-/m0/s1. The molecule has 5 rings (SSSR count). The van der Waals surface area contributed by atoms with Crippen LogP contribution in [0.4, 0.5) is 0 Å². The largest absolute Gasteiger partial charge is 0.468 e. The summed E-state index contributed by atoms with van der Waals surface area (Å²) >= 11 is 0. The van der Waals surface area contributed by atoms with Gasteiger partial charge in [0.1, 0.15) is 5.54 Å². The van der Waals surface area contributed by atoms with Crippen LogP contribution in [0.3, 0.4) is 0 Å². The van der Waals surface area contributed by atoms with E-state index in [1.165, 1.54) is 12.0 Å². The normalized spacial score (nSPS) is 29.9. The molecule has 2 amide bonds. The van der Waals surface area contributed by atoms with Crippen LogP contribution >= 0.6 is 0 Å². The number of ether oxygens (including phenoxy) is 1. The summed E-state index contributed by atoms with van der Waals surface area (Å²) in [5, 5.41) is 0. The lowest BCUT2D eigenvalue weighted by atomic mass is 9.77. The first kappa shape index (κ1) is 19.9. The Balaban J connectivity index is 1.60. The molecule has 6 nitrogen and oxygen atoms in total. The van der Waals surface area contributed by atoms with Gasteiger partial charge in [0.25, 0.3) is 0 Å². The quantitative estimate of drug-likeness (QED) is 0.564. The number of amides is 2. The van der Waals surface area contributed by atoms with Crippen LogP contribution in [-0.4, -0.2) is 53.3 Å². The average Bonchev–Trinajstić information content (AvgIpc) is 3.42. The highest BCUT2D eigenvalue weighted by molar-refractivity contribution is 6.09. The minimum absolute atomic E-state index is 0.174. The van der Waals surface area contributed by atoms with Gasteiger partial charge in [0.2, 0.25) is 11.8 Å². The van der Waals surface area contributed by atoms with Crippen molar-refractivity contribution in [2.45, 2.75) is 31.3 Å². The van der Waals surface area contributed by atoms with Crippen LogP contribution in [0.1, 0.15) is 31.4 Å². The van der Waals surface area contributed by atoms with Crippen molar-refractivity contribution in [3.63, 3.8) is 0 Å². The van der Waals surface area contributed by atoms with Gasteiger partial charge in [-0.25, -0.2) is 0 Å². The van der Waals surface area contributed by atoms with Gasteiger partial charge in [-0.2, -0.15) is 0 Å². The number of nitrogens with zero attached hydrogens (tertiary/aromatic N) is 2. The molecule has 0 aromatic heterocycles. The maximum Gasteiger partial charge on any atom is 0.327 e. The second-order valence-electron chi connectivity index (χ2n) is 8.57. The molecule has 3 aliphatic heterocycles. The fourth-order valence-electron chi connectivity index (χ4n) is 6.07. The lowest BCUT2D eigenvalue weighted by Gasteiger charge is -2.36. The number of carbonyl (C=O) groups excluding carboxylic acids is 3. The van der Waals surface area contributed by atoms with Gasteiger partial charge in [0, 0.05) is 12.6 Å². The fraction of sp³-hybridized carbons (Fsp3) is 0.400. The molecule has 3 fully saturated rings. The molecular formula is C25H26N2O4. The Morgan fingerprint density at radius 2 is 1.71 bits per heavy atom. The van der Waals surface area contributed by atoms with Gasteiger partial charge < -0.3 is 4.74 Å². The van der Waals surface area contributed by atoms with Crippen LogP contribution in [0, 0.1) is 11.8 Å².